The molecule has 0 aliphatic carbocycles. The molecule has 112 valence electrons. The van der Waals surface area contributed by atoms with E-state index in [1.54, 1.807) is 6.07 Å². The summed E-state index contributed by atoms with van der Waals surface area (Å²) in [5, 5.41) is 10.8. The smallest absolute Gasteiger partial charge is 0.298 e. The first-order valence-electron chi connectivity index (χ1n) is 7.12. The average Bonchev–Trinajstić information content (AvgIpc) is 2.89. The maximum Gasteiger partial charge on any atom is 0.298 e. The summed E-state index contributed by atoms with van der Waals surface area (Å²) in [6, 6.07) is 5.17. The lowest BCUT2D eigenvalue weighted by molar-refractivity contribution is -0.384. The fourth-order valence-corrected chi connectivity index (χ4v) is 2.98. The van der Waals surface area contributed by atoms with E-state index >= 15 is 0 Å². The van der Waals surface area contributed by atoms with E-state index in [0.29, 0.717) is 29.6 Å². The summed E-state index contributed by atoms with van der Waals surface area (Å²) in [7, 11) is 0. The van der Waals surface area contributed by atoms with Crippen LogP contribution in [0.4, 0.5) is 11.7 Å². The Kier molecular flexibility index (Phi) is 3.50. The number of hydrogen-bond acceptors (Lipinski definition) is 6. The average molecular weight is 290 g/mol. The molecule has 2 heterocycles. The third-order valence-corrected chi connectivity index (χ3v) is 4.17. The highest BCUT2D eigenvalue weighted by molar-refractivity contribution is 5.77. The topological polar surface area (TPSA) is 98.4 Å². The fraction of sp³-hybridized carbons (Fsp3) is 0.500. The first kappa shape index (κ1) is 13.8. The van der Waals surface area contributed by atoms with Gasteiger partial charge in [-0.2, -0.15) is 4.98 Å². The molecule has 2 atom stereocenters. The van der Waals surface area contributed by atoms with Gasteiger partial charge in [0.1, 0.15) is 5.52 Å². The Morgan fingerprint density at radius 2 is 2.38 bits per heavy atom. The molecule has 1 aromatic carbocycles. The number of non-ortho nitro benzene ring substituents is 1. The molecule has 0 bridgehead atoms. The summed E-state index contributed by atoms with van der Waals surface area (Å²) < 4.78 is 5.73. The molecular weight excluding hydrogens is 272 g/mol. The molecule has 0 radical (unpaired) electrons. The van der Waals surface area contributed by atoms with Crippen LogP contribution < -0.4 is 10.6 Å². The molecule has 3 rings (SSSR count). The van der Waals surface area contributed by atoms with E-state index in [-0.39, 0.29) is 11.7 Å². The number of benzene rings is 1. The number of fused-ring (bicyclic) bond motifs is 1. The van der Waals surface area contributed by atoms with Crippen molar-refractivity contribution < 1.29 is 9.34 Å². The van der Waals surface area contributed by atoms with E-state index in [9.17, 15) is 10.1 Å². The van der Waals surface area contributed by atoms with Crippen LogP contribution in [0.3, 0.4) is 0 Å². The molecule has 21 heavy (non-hydrogen) atoms. The zero-order chi connectivity index (χ0) is 15.0. The van der Waals surface area contributed by atoms with Crippen molar-refractivity contribution in [3.63, 3.8) is 0 Å². The van der Waals surface area contributed by atoms with Crippen LogP contribution in [0.2, 0.25) is 0 Å². The first-order chi connectivity index (χ1) is 10.1. The van der Waals surface area contributed by atoms with Gasteiger partial charge in [-0.05, 0) is 24.8 Å². The largest absolute Gasteiger partial charge is 0.423 e. The summed E-state index contributed by atoms with van der Waals surface area (Å²) in [5.41, 5.74) is 6.95. The number of aromatic nitrogens is 1. The van der Waals surface area contributed by atoms with Crippen LogP contribution in [-0.4, -0.2) is 29.0 Å². The van der Waals surface area contributed by atoms with Crippen molar-refractivity contribution in [1.29, 1.82) is 0 Å². The summed E-state index contributed by atoms with van der Waals surface area (Å²) in [6.07, 6.45) is 2.21. The second kappa shape index (κ2) is 5.33. The Morgan fingerprint density at radius 1 is 1.57 bits per heavy atom. The molecular formula is C14H18N4O3. The lowest BCUT2D eigenvalue weighted by Gasteiger charge is -2.38. The predicted molar refractivity (Wildman–Crippen MR) is 79.2 cm³/mol. The minimum absolute atomic E-state index is 0.00703. The van der Waals surface area contributed by atoms with Crippen LogP contribution in [0.15, 0.2) is 22.6 Å². The van der Waals surface area contributed by atoms with Crippen LogP contribution in [0.5, 0.6) is 0 Å². The monoisotopic (exact) mass is 290 g/mol. The van der Waals surface area contributed by atoms with Crippen LogP contribution in [0.25, 0.3) is 11.1 Å². The Morgan fingerprint density at radius 3 is 3.10 bits per heavy atom. The van der Waals surface area contributed by atoms with Gasteiger partial charge in [0.15, 0.2) is 5.58 Å². The third kappa shape index (κ3) is 2.44. The number of hydrogen-bond donors (Lipinski definition) is 1. The van der Waals surface area contributed by atoms with Crippen molar-refractivity contribution in [2.45, 2.75) is 25.8 Å². The molecule has 2 aromatic rings. The Bertz CT molecular complexity index is 669. The maximum atomic E-state index is 10.8. The van der Waals surface area contributed by atoms with Gasteiger partial charge in [0, 0.05) is 25.2 Å². The van der Waals surface area contributed by atoms with E-state index in [2.05, 4.69) is 16.8 Å². The third-order valence-electron chi connectivity index (χ3n) is 4.17. The number of piperidine rings is 1. The Labute approximate surface area is 121 Å². The Balaban J connectivity index is 1.98. The number of nitro benzene ring substituents is 1. The van der Waals surface area contributed by atoms with Gasteiger partial charge in [-0.3, -0.25) is 10.1 Å². The zero-order valence-electron chi connectivity index (χ0n) is 11.9. The molecule has 1 aliphatic rings. The number of anilines is 1. The van der Waals surface area contributed by atoms with Crippen LogP contribution in [0.1, 0.15) is 19.8 Å². The van der Waals surface area contributed by atoms with Gasteiger partial charge in [0.2, 0.25) is 0 Å². The number of nitrogens with two attached hydrogens (primary N) is 1. The number of nitrogens with zero attached hydrogens (tertiary/aromatic N) is 3. The number of oxazole rings is 1. The second-order valence-electron chi connectivity index (χ2n) is 5.52. The summed E-state index contributed by atoms with van der Waals surface area (Å²) in [6.45, 7) is 3.57. The van der Waals surface area contributed by atoms with E-state index in [1.165, 1.54) is 12.1 Å². The van der Waals surface area contributed by atoms with Gasteiger partial charge in [-0.25, -0.2) is 0 Å². The van der Waals surface area contributed by atoms with Crippen molar-refractivity contribution in [3.8, 4) is 0 Å². The van der Waals surface area contributed by atoms with E-state index in [1.807, 2.05) is 0 Å². The molecule has 7 heteroatoms. The second-order valence-corrected chi connectivity index (χ2v) is 5.52. The van der Waals surface area contributed by atoms with E-state index in [0.717, 1.165) is 19.4 Å². The fourth-order valence-electron chi connectivity index (χ4n) is 2.98. The van der Waals surface area contributed by atoms with Gasteiger partial charge in [-0.15, -0.1) is 0 Å². The highest BCUT2D eigenvalue weighted by Gasteiger charge is 2.30. The first-order valence-corrected chi connectivity index (χ1v) is 7.12. The lowest BCUT2D eigenvalue weighted by atomic mass is 9.91. The predicted octanol–water partition coefficient (Wildman–Crippen LogP) is 2.30. The van der Waals surface area contributed by atoms with Crippen molar-refractivity contribution in [2.24, 2.45) is 11.7 Å². The van der Waals surface area contributed by atoms with E-state index < -0.39 is 4.92 Å². The highest BCUT2D eigenvalue weighted by atomic mass is 16.6. The van der Waals surface area contributed by atoms with Gasteiger partial charge in [0.25, 0.3) is 11.7 Å². The Hall–Kier alpha value is -2.15. The van der Waals surface area contributed by atoms with Crippen molar-refractivity contribution in [3.05, 3.63) is 28.3 Å². The normalized spacial score (nSPS) is 22.7. The maximum absolute atomic E-state index is 10.8. The molecule has 0 amide bonds. The molecule has 0 spiro atoms. The lowest BCUT2D eigenvalue weighted by Crippen LogP contribution is -2.48. The molecule has 1 saturated heterocycles. The molecule has 2 N–H and O–H groups in total. The minimum Gasteiger partial charge on any atom is -0.423 e. The summed E-state index contributed by atoms with van der Waals surface area (Å²) in [5.74, 6) is 0.480. The standard InChI is InChI=1S/C14H18N4O3/c1-9-3-2-6-17(12(9)8-15)14-16-11-5-4-10(18(19)20)7-13(11)21-14/h4-5,7,9,12H,2-3,6,8,15H2,1H3. The minimum atomic E-state index is -0.437. The van der Waals surface area contributed by atoms with Gasteiger partial charge in [-0.1, -0.05) is 6.92 Å². The van der Waals surface area contributed by atoms with Crippen molar-refractivity contribution in [2.75, 3.05) is 18.0 Å². The summed E-state index contributed by atoms with van der Waals surface area (Å²) in [4.78, 5) is 16.9. The molecule has 7 nitrogen and oxygen atoms in total. The number of nitro groups is 1. The van der Waals surface area contributed by atoms with Gasteiger partial charge < -0.3 is 15.1 Å². The molecule has 0 saturated carbocycles. The molecule has 1 aromatic heterocycles. The van der Waals surface area contributed by atoms with Crippen molar-refractivity contribution in [1.82, 2.24) is 4.98 Å². The van der Waals surface area contributed by atoms with Crippen LogP contribution in [0, 0.1) is 16.0 Å². The van der Waals surface area contributed by atoms with Gasteiger partial charge in [0.05, 0.1) is 11.0 Å². The van der Waals surface area contributed by atoms with Crippen molar-refractivity contribution >= 4 is 22.8 Å². The molecule has 1 fully saturated rings. The van der Waals surface area contributed by atoms with E-state index in [4.69, 9.17) is 10.2 Å². The van der Waals surface area contributed by atoms with Crippen LogP contribution >= 0.6 is 0 Å². The zero-order valence-corrected chi connectivity index (χ0v) is 11.9. The number of rotatable bonds is 3. The molecule has 2 unspecified atom stereocenters. The molecule has 1 aliphatic heterocycles. The highest BCUT2D eigenvalue weighted by Crippen LogP contribution is 2.31. The SMILES string of the molecule is CC1CCCN(c2nc3ccc([N+](=O)[O-])cc3o2)C1CN. The van der Waals surface area contributed by atoms with Crippen LogP contribution in [-0.2, 0) is 0 Å². The quantitative estimate of drug-likeness (QED) is 0.688. The van der Waals surface area contributed by atoms with Gasteiger partial charge >= 0.3 is 0 Å². The summed E-state index contributed by atoms with van der Waals surface area (Å²) >= 11 is 0.